The summed E-state index contributed by atoms with van der Waals surface area (Å²) in [5, 5.41) is 7.35. The molecule has 0 aliphatic rings. The largest absolute Gasteiger partial charge is 0.496 e. The maximum Gasteiger partial charge on any atom is 0.128 e. The number of para-hydroxylation sites is 1. The van der Waals surface area contributed by atoms with E-state index in [1.807, 2.05) is 42.3 Å². The number of benzene rings is 1. The first-order valence-corrected chi connectivity index (χ1v) is 6.25. The molecule has 2 rings (SSSR count). The van der Waals surface area contributed by atoms with Crippen LogP contribution in [0.4, 0.5) is 5.82 Å². The van der Waals surface area contributed by atoms with Crippen molar-refractivity contribution in [3.05, 3.63) is 53.7 Å². The van der Waals surface area contributed by atoms with Crippen LogP contribution in [0.15, 0.2) is 42.6 Å². The molecule has 0 radical (unpaired) electrons. The van der Waals surface area contributed by atoms with Gasteiger partial charge in [-0.1, -0.05) is 18.2 Å². The normalized spacial score (nSPS) is 10.1. The topological polar surface area (TPSA) is 75.2 Å². The molecule has 3 N–H and O–H groups in total. The second-order valence-corrected chi connectivity index (χ2v) is 4.49. The van der Waals surface area contributed by atoms with E-state index in [0.29, 0.717) is 12.1 Å². The van der Waals surface area contributed by atoms with Crippen LogP contribution in [0.25, 0.3) is 0 Å². The summed E-state index contributed by atoms with van der Waals surface area (Å²) in [7, 11) is 3.63. The molecule has 0 spiro atoms. The zero-order valence-electron chi connectivity index (χ0n) is 11.6. The van der Waals surface area contributed by atoms with Crippen molar-refractivity contribution in [2.75, 3.05) is 19.1 Å². The van der Waals surface area contributed by atoms with E-state index in [2.05, 4.69) is 4.98 Å². The highest BCUT2D eigenvalue weighted by molar-refractivity contribution is 5.94. The van der Waals surface area contributed by atoms with E-state index in [4.69, 9.17) is 15.9 Å². The summed E-state index contributed by atoms with van der Waals surface area (Å²) in [6.07, 6.45) is 1.61. The van der Waals surface area contributed by atoms with Crippen LogP contribution < -0.4 is 15.4 Å². The molecule has 0 bridgehead atoms. The van der Waals surface area contributed by atoms with Crippen molar-refractivity contribution in [1.29, 1.82) is 5.41 Å². The minimum atomic E-state index is 0.0245. The third-order valence-corrected chi connectivity index (χ3v) is 3.05. The number of rotatable bonds is 5. The van der Waals surface area contributed by atoms with E-state index in [-0.39, 0.29) is 5.84 Å². The molecule has 0 aliphatic heterocycles. The Morgan fingerprint density at radius 2 is 2.05 bits per heavy atom. The Morgan fingerprint density at radius 1 is 1.30 bits per heavy atom. The number of hydrogen-bond donors (Lipinski definition) is 2. The summed E-state index contributed by atoms with van der Waals surface area (Å²) in [4.78, 5) is 6.33. The van der Waals surface area contributed by atoms with Gasteiger partial charge in [-0.3, -0.25) is 5.41 Å². The lowest BCUT2D eigenvalue weighted by molar-refractivity contribution is 0.409. The van der Waals surface area contributed by atoms with E-state index in [9.17, 15) is 0 Å². The van der Waals surface area contributed by atoms with Gasteiger partial charge in [0.15, 0.2) is 0 Å². The lowest BCUT2D eigenvalue weighted by Gasteiger charge is -2.19. The number of nitrogen functional groups attached to an aromatic ring is 1. The molecule has 0 fully saturated rings. The molecular formula is C15H18N4O. The zero-order valence-corrected chi connectivity index (χ0v) is 11.6. The maximum atomic E-state index is 7.35. The summed E-state index contributed by atoms with van der Waals surface area (Å²) < 4.78 is 5.34. The smallest absolute Gasteiger partial charge is 0.128 e. The number of nitrogens with two attached hydrogens (primary N) is 1. The molecule has 1 aromatic heterocycles. The quantitative estimate of drug-likeness (QED) is 0.643. The first kappa shape index (κ1) is 13.9. The number of hydrogen-bond acceptors (Lipinski definition) is 4. The van der Waals surface area contributed by atoms with E-state index >= 15 is 0 Å². The van der Waals surface area contributed by atoms with Crippen molar-refractivity contribution in [2.45, 2.75) is 6.54 Å². The van der Waals surface area contributed by atoms with Crippen molar-refractivity contribution >= 4 is 11.7 Å². The Bertz CT molecular complexity index is 595. The second kappa shape index (κ2) is 6.06. The average Bonchev–Trinajstić information content (AvgIpc) is 2.48. The van der Waals surface area contributed by atoms with Crippen LogP contribution in [0.2, 0.25) is 0 Å². The van der Waals surface area contributed by atoms with Crippen LogP contribution in [-0.2, 0) is 6.54 Å². The standard InChI is InChI=1S/C15H18N4O/c1-19(10-12-5-3-4-6-13(12)20-2)14-8-7-11(9-18-14)15(16)17/h3-9H,10H2,1-2H3,(H3,16,17). The van der Waals surface area contributed by atoms with Crippen LogP contribution in [0.1, 0.15) is 11.1 Å². The van der Waals surface area contributed by atoms with Gasteiger partial charge in [-0.05, 0) is 18.2 Å². The van der Waals surface area contributed by atoms with Gasteiger partial charge >= 0.3 is 0 Å². The molecule has 0 aliphatic carbocycles. The Labute approximate surface area is 118 Å². The number of ether oxygens (including phenoxy) is 1. The molecule has 5 nitrogen and oxygen atoms in total. The first-order chi connectivity index (χ1) is 9.61. The molecule has 20 heavy (non-hydrogen) atoms. The Balaban J connectivity index is 2.15. The summed E-state index contributed by atoms with van der Waals surface area (Å²) in [5.41, 5.74) is 7.13. The molecule has 0 amide bonds. The van der Waals surface area contributed by atoms with E-state index in [1.165, 1.54) is 0 Å². The van der Waals surface area contributed by atoms with Gasteiger partial charge in [-0.15, -0.1) is 0 Å². The summed E-state index contributed by atoms with van der Waals surface area (Å²) in [5.74, 6) is 1.71. The lowest BCUT2D eigenvalue weighted by Crippen LogP contribution is -2.19. The second-order valence-electron chi connectivity index (χ2n) is 4.49. The Morgan fingerprint density at radius 3 is 2.65 bits per heavy atom. The Kier molecular flexibility index (Phi) is 4.20. The number of pyridine rings is 1. The lowest BCUT2D eigenvalue weighted by atomic mass is 10.2. The number of amidine groups is 1. The summed E-state index contributed by atoms with van der Waals surface area (Å²) in [6.45, 7) is 0.691. The SMILES string of the molecule is COc1ccccc1CN(C)c1ccc(C(=N)N)cn1. The van der Waals surface area contributed by atoms with Crippen molar-refractivity contribution < 1.29 is 4.74 Å². The van der Waals surface area contributed by atoms with Gasteiger partial charge in [0.05, 0.1) is 7.11 Å². The highest BCUT2D eigenvalue weighted by atomic mass is 16.5. The van der Waals surface area contributed by atoms with Gasteiger partial charge in [0.25, 0.3) is 0 Å². The van der Waals surface area contributed by atoms with Gasteiger partial charge in [0.1, 0.15) is 17.4 Å². The molecule has 0 unspecified atom stereocenters. The Hall–Kier alpha value is -2.56. The molecular weight excluding hydrogens is 252 g/mol. The first-order valence-electron chi connectivity index (χ1n) is 6.25. The van der Waals surface area contributed by atoms with E-state index < -0.39 is 0 Å². The molecule has 5 heteroatoms. The highest BCUT2D eigenvalue weighted by Crippen LogP contribution is 2.21. The van der Waals surface area contributed by atoms with Crippen LogP contribution in [0, 0.1) is 5.41 Å². The number of methoxy groups -OCH3 is 1. The minimum Gasteiger partial charge on any atom is -0.496 e. The van der Waals surface area contributed by atoms with Crippen molar-refractivity contribution in [2.24, 2.45) is 5.73 Å². The monoisotopic (exact) mass is 270 g/mol. The maximum absolute atomic E-state index is 7.35. The number of anilines is 1. The number of nitrogens with zero attached hydrogens (tertiary/aromatic N) is 2. The van der Waals surface area contributed by atoms with Crippen LogP contribution in [0.3, 0.4) is 0 Å². The van der Waals surface area contributed by atoms with Gasteiger partial charge in [0.2, 0.25) is 0 Å². The summed E-state index contributed by atoms with van der Waals surface area (Å²) in [6, 6.07) is 11.5. The number of aromatic nitrogens is 1. The van der Waals surface area contributed by atoms with Crippen LogP contribution in [0.5, 0.6) is 5.75 Å². The molecule has 0 saturated carbocycles. The zero-order chi connectivity index (χ0) is 14.5. The van der Waals surface area contributed by atoms with Gasteiger partial charge < -0.3 is 15.4 Å². The predicted octanol–water partition coefficient (Wildman–Crippen LogP) is 2.01. The molecule has 1 aromatic carbocycles. The number of nitrogens with one attached hydrogen (secondary N) is 1. The fourth-order valence-corrected chi connectivity index (χ4v) is 1.94. The third-order valence-electron chi connectivity index (χ3n) is 3.05. The van der Waals surface area contributed by atoms with Crippen LogP contribution in [-0.4, -0.2) is 25.0 Å². The minimum absolute atomic E-state index is 0.0245. The van der Waals surface area contributed by atoms with Crippen molar-refractivity contribution in [1.82, 2.24) is 4.98 Å². The molecule has 104 valence electrons. The van der Waals surface area contributed by atoms with Crippen LogP contribution >= 0.6 is 0 Å². The van der Waals surface area contributed by atoms with Gasteiger partial charge in [-0.2, -0.15) is 0 Å². The average molecular weight is 270 g/mol. The van der Waals surface area contributed by atoms with E-state index in [1.54, 1.807) is 19.4 Å². The van der Waals surface area contributed by atoms with Gasteiger partial charge in [0, 0.05) is 30.9 Å². The molecule has 2 aromatic rings. The van der Waals surface area contributed by atoms with E-state index in [0.717, 1.165) is 17.1 Å². The fraction of sp³-hybridized carbons (Fsp3) is 0.200. The highest BCUT2D eigenvalue weighted by Gasteiger charge is 2.08. The van der Waals surface area contributed by atoms with Crippen molar-refractivity contribution in [3.8, 4) is 5.75 Å². The van der Waals surface area contributed by atoms with Crippen molar-refractivity contribution in [3.63, 3.8) is 0 Å². The van der Waals surface area contributed by atoms with Gasteiger partial charge in [-0.25, -0.2) is 4.98 Å². The molecule has 0 atom stereocenters. The summed E-state index contributed by atoms with van der Waals surface area (Å²) >= 11 is 0. The predicted molar refractivity (Wildman–Crippen MR) is 80.4 cm³/mol. The third kappa shape index (κ3) is 3.06. The molecule has 1 heterocycles. The fourth-order valence-electron chi connectivity index (χ4n) is 1.94. The molecule has 0 saturated heterocycles.